The lowest BCUT2D eigenvalue weighted by molar-refractivity contribution is 0.643. The van der Waals surface area contributed by atoms with Gasteiger partial charge >= 0.3 is 0 Å². The van der Waals surface area contributed by atoms with Gasteiger partial charge in [-0.3, -0.25) is 0 Å². The number of hydrogen-bond acceptors (Lipinski definition) is 5. The molecule has 1 aromatic heterocycles. The van der Waals surface area contributed by atoms with Gasteiger partial charge in [-0.1, -0.05) is 25.1 Å². The van der Waals surface area contributed by atoms with E-state index in [9.17, 15) is 5.26 Å². The first kappa shape index (κ1) is 15.3. The Morgan fingerprint density at radius 3 is 2.30 bits per heavy atom. The quantitative estimate of drug-likeness (QED) is 0.872. The second-order valence-electron chi connectivity index (χ2n) is 5.70. The number of nitriles is 1. The first-order chi connectivity index (χ1) is 11.2. The smallest absolute Gasteiger partial charge is 0.183 e. The van der Waals surface area contributed by atoms with Gasteiger partial charge in [-0.25, -0.2) is 9.97 Å². The van der Waals surface area contributed by atoms with Crippen molar-refractivity contribution in [2.75, 3.05) is 36.0 Å². The number of hydrogen-bond donors (Lipinski definition) is 0. The Kier molecular flexibility index (Phi) is 4.42. The molecule has 23 heavy (non-hydrogen) atoms. The highest BCUT2D eigenvalue weighted by Gasteiger charge is 2.22. The van der Waals surface area contributed by atoms with Crippen molar-refractivity contribution >= 4 is 11.5 Å². The molecule has 0 bridgehead atoms. The van der Waals surface area contributed by atoms with Crippen molar-refractivity contribution in [3.05, 3.63) is 47.4 Å². The standard InChI is InChI=1S/C18H21N5/c1-3-16-14(2)20-17(13-19)18(21-16)23-11-9-22(10-12-23)15-7-5-4-6-8-15/h4-8H,3,9-12H2,1-2H3. The van der Waals surface area contributed by atoms with Gasteiger partial charge in [-0.15, -0.1) is 0 Å². The molecule has 1 fully saturated rings. The first-order valence-corrected chi connectivity index (χ1v) is 8.05. The van der Waals surface area contributed by atoms with Crippen LogP contribution < -0.4 is 9.80 Å². The van der Waals surface area contributed by atoms with E-state index in [1.165, 1.54) is 5.69 Å². The van der Waals surface area contributed by atoms with Crippen LogP contribution in [0, 0.1) is 18.3 Å². The van der Waals surface area contributed by atoms with Crippen molar-refractivity contribution in [2.24, 2.45) is 0 Å². The summed E-state index contributed by atoms with van der Waals surface area (Å²) in [5, 5.41) is 9.38. The number of aryl methyl sites for hydroxylation is 2. The average Bonchev–Trinajstić information content (AvgIpc) is 2.62. The zero-order valence-corrected chi connectivity index (χ0v) is 13.7. The zero-order chi connectivity index (χ0) is 16.2. The highest BCUT2D eigenvalue weighted by Crippen LogP contribution is 2.22. The van der Waals surface area contributed by atoms with Gasteiger partial charge in [-0.05, 0) is 25.5 Å². The third-order valence-corrected chi connectivity index (χ3v) is 4.29. The maximum atomic E-state index is 9.38. The fourth-order valence-corrected chi connectivity index (χ4v) is 2.99. The molecule has 0 N–H and O–H groups in total. The van der Waals surface area contributed by atoms with Crippen LogP contribution in [0.25, 0.3) is 0 Å². The predicted molar refractivity (Wildman–Crippen MR) is 91.7 cm³/mol. The molecule has 0 saturated carbocycles. The van der Waals surface area contributed by atoms with Gasteiger partial charge < -0.3 is 9.80 Å². The normalized spacial score (nSPS) is 14.7. The molecule has 3 rings (SSSR count). The second-order valence-corrected chi connectivity index (χ2v) is 5.70. The Morgan fingerprint density at radius 1 is 1.04 bits per heavy atom. The molecule has 0 spiro atoms. The molecule has 5 heteroatoms. The number of rotatable bonds is 3. The van der Waals surface area contributed by atoms with E-state index < -0.39 is 0 Å². The molecule has 1 saturated heterocycles. The van der Waals surface area contributed by atoms with Crippen molar-refractivity contribution < 1.29 is 0 Å². The fourth-order valence-electron chi connectivity index (χ4n) is 2.99. The summed E-state index contributed by atoms with van der Waals surface area (Å²) in [6.07, 6.45) is 0.835. The van der Waals surface area contributed by atoms with Gasteiger partial charge in [-0.2, -0.15) is 5.26 Å². The van der Waals surface area contributed by atoms with Crippen LogP contribution in [0.4, 0.5) is 11.5 Å². The van der Waals surface area contributed by atoms with E-state index in [2.05, 4.69) is 52.0 Å². The van der Waals surface area contributed by atoms with Gasteiger partial charge in [0.25, 0.3) is 0 Å². The van der Waals surface area contributed by atoms with E-state index in [-0.39, 0.29) is 0 Å². The monoisotopic (exact) mass is 307 g/mol. The SMILES string of the molecule is CCc1nc(N2CCN(c3ccccc3)CC2)c(C#N)nc1C. The number of nitrogens with zero attached hydrogens (tertiary/aromatic N) is 5. The van der Waals surface area contributed by atoms with Crippen molar-refractivity contribution in [3.63, 3.8) is 0 Å². The number of anilines is 2. The summed E-state index contributed by atoms with van der Waals surface area (Å²) in [5.41, 5.74) is 3.52. The Labute approximate surface area is 137 Å². The van der Waals surface area contributed by atoms with Crippen LogP contribution in [-0.4, -0.2) is 36.1 Å². The summed E-state index contributed by atoms with van der Waals surface area (Å²) >= 11 is 0. The van der Waals surface area contributed by atoms with Gasteiger partial charge in [0.1, 0.15) is 6.07 Å². The summed E-state index contributed by atoms with van der Waals surface area (Å²) in [5.74, 6) is 0.739. The Balaban J connectivity index is 1.79. The van der Waals surface area contributed by atoms with E-state index in [1.54, 1.807) is 0 Å². The lowest BCUT2D eigenvalue weighted by atomic mass is 10.2. The minimum absolute atomic E-state index is 0.438. The predicted octanol–water partition coefficient (Wildman–Crippen LogP) is 2.55. The lowest BCUT2D eigenvalue weighted by Gasteiger charge is -2.37. The third-order valence-electron chi connectivity index (χ3n) is 4.29. The summed E-state index contributed by atoms with van der Waals surface area (Å²) in [7, 11) is 0. The Hall–Kier alpha value is -2.61. The Morgan fingerprint density at radius 2 is 1.70 bits per heavy atom. The van der Waals surface area contributed by atoms with E-state index in [4.69, 9.17) is 4.98 Å². The molecule has 2 heterocycles. The highest BCUT2D eigenvalue weighted by atomic mass is 15.3. The van der Waals surface area contributed by atoms with Gasteiger partial charge in [0.15, 0.2) is 11.5 Å². The zero-order valence-electron chi connectivity index (χ0n) is 13.7. The van der Waals surface area contributed by atoms with Crippen LogP contribution in [0.3, 0.4) is 0 Å². The first-order valence-electron chi connectivity index (χ1n) is 8.05. The van der Waals surface area contributed by atoms with Crippen LogP contribution in [0.1, 0.15) is 24.0 Å². The van der Waals surface area contributed by atoms with Gasteiger partial charge in [0.2, 0.25) is 0 Å². The van der Waals surface area contributed by atoms with Gasteiger partial charge in [0.05, 0.1) is 11.4 Å². The fraction of sp³-hybridized carbons (Fsp3) is 0.389. The van der Waals surface area contributed by atoms with Crippen molar-refractivity contribution in [3.8, 4) is 6.07 Å². The van der Waals surface area contributed by atoms with Crippen LogP contribution in [0.15, 0.2) is 30.3 Å². The summed E-state index contributed by atoms with van der Waals surface area (Å²) in [6, 6.07) is 12.6. The molecule has 0 amide bonds. The second kappa shape index (κ2) is 6.66. The molecule has 1 aliphatic rings. The minimum atomic E-state index is 0.438. The van der Waals surface area contributed by atoms with Crippen LogP contribution in [-0.2, 0) is 6.42 Å². The maximum absolute atomic E-state index is 9.38. The highest BCUT2D eigenvalue weighted by molar-refractivity contribution is 5.54. The molecule has 2 aromatic rings. The summed E-state index contributed by atoms with van der Waals surface area (Å²) in [4.78, 5) is 13.7. The van der Waals surface area contributed by atoms with Gasteiger partial charge in [0, 0.05) is 31.9 Å². The third kappa shape index (κ3) is 3.11. The maximum Gasteiger partial charge on any atom is 0.183 e. The Bertz CT molecular complexity index is 712. The largest absolute Gasteiger partial charge is 0.368 e. The van der Waals surface area contributed by atoms with Crippen molar-refractivity contribution in [1.29, 1.82) is 5.26 Å². The molecule has 0 atom stereocenters. The average molecular weight is 307 g/mol. The molecule has 5 nitrogen and oxygen atoms in total. The molecular formula is C18H21N5. The molecular weight excluding hydrogens is 286 g/mol. The van der Waals surface area contributed by atoms with E-state index in [0.717, 1.165) is 49.8 Å². The van der Waals surface area contributed by atoms with Crippen LogP contribution >= 0.6 is 0 Å². The van der Waals surface area contributed by atoms with E-state index in [1.807, 2.05) is 13.0 Å². The summed E-state index contributed by atoms with van der Waals surface area (Å²) in [6.45, 7) is 7.54. The number of para-hydroxylation sites is 1. The number of benzene rings is 1. The topological polar surface area (TPSA) is 56.1 Å². The van der Waals surface area contributed by atoms with E-state index >= 15 is 0 Å². The molecule has 0 aliphatic carbocycles. The van der Waals surface area contributed by atoms with Crippen molar-refractivity contribution in [1.82, 2.24) is 9.97 Å². The van der Waals surface area contributed by atoms with E-state index in [0.29, 0.717) is 5.69 Å². The molecule has 1 aliphatic heterocycles. The van der Waals surface area contributed by atoms with Crippen molar-refractivity contribution in [2.45, 2.75) is 20.3 Å². The number of aromatic nitrogens is 2. The number of piperazine rings is 1. The molecule has 0 unspecified atom stereocenters. The molecule has 118 valence electrons. The minimum Gasteiger partial charge on any atom is -0.368 e. The lowest BCUT2D eigenvalue weighted by Crippen LogP contribution is -2.47. The summed E-state index contributed by atoms with van der Waals surface area (Å²) < 4.78 is 0. The molecule has 1 aromatic carbocycles. The molecule has 0 radical (unpaired) electrons. The van der Waals surface area contributed by atoms with Crippen LogP contribution in [0.2, 0.25) is 0 Å². The van der Waals surface area contributed by atoms with Crippen LogP contribution in [0.5, 0.6) is 0 Å².